The monoisotopic (exact) mass is 852 g/mol. The number of fused-ring (bicyclic) bond motifs is 2. The summed E-state index contributed by atoms with van der Waals surface area (Å²) in [6.07, 6.45) is 7.07. The van der Waals surface area contributed by atoms with Crippen LogP contribution < -0.4 is 34.9 Å². The van der Waals surface area contributed by atoms with Crippen LogP contribution in [0, 0.1) is 13.8 Å². The summed E-state index contributed by atoms with van der Waals surface area (Å²) in [7, 11) is 7.26. The minimum atomic E-state index is -0.408. The normalized spacial score (nSPS) is 14.9. The van der Waals surface area contributed by atoms with Crippen LogP contribution in [0.5, 0.6) is 23.0 Å². The van der Waals surface area contributed by atoms with E-state index in [9.17, 15) is 9.59 Å². The molecule has 2 heterocycles. The number of benzene rings is 4. The van der Waals surface area contributed by atoms with Gasteiger partial charge in [-0.1, -0.05) is 31.2 Å². The number of carbonyl (C=O) groups excluding carboxylic acids is 2. The fourth-order valence-electron chi connectivity index (χ4n) is 7.88. The quantitative estimate of drug-likeness (QED) is 0.0770. The Morgan fingerprint density at radius 1 is 0.698 bits per heavy atom. The van der Waals surface area contributed by atoms with Gasteiger partial charge >= 0.3 is 0 Å². The molecule has 2 aliphatic rings. The molecular formula is C51H60N6O6. The summed E-state index contributed by atoms with van der Waals surface area (Å²) >= 11 is 0. The second-order valence-corrected chi connectivity index (χ2v) is 16.7. The van der Waals surface area contributed by atoms with E-state index in [4.69, 9.17) is 18.9 Å². The zero-order valence-corrected chi connectivity index (χ0v) is 37.8. The van der Waals surface area contributed by atoms with Crippen LogP contribution in [0.1, 0.15) is 82.5 Å². The minimum Gasteiger partial charge on any atom is -0.497 e. The van der Waals surface area contributed by atoms with E-state index >= 15 is 0 Å². The van der Waals surface area contributed by atoms with E-state index in [1.165, 1.54) is 0 Å². The number of methoxy groups -OCH3 is 2. The lowest BCUT2D eigenvalue weighted by Gasteiger charge is -2.23. The lowest BCUT2D eigenvalue weighted by molar-refractivity contribution is 0.0921. The molecule has 12 nitrogen and oxygen atoms in total. The molecule has 0 radical (unpaired) electrons. The van der Waals surface area contributed by atoms with E-state index < -0.39 is 11.1 Å². The molecule has 6 aromatic rings. The van der Waals surface area contributed by atoms with Gasteiger partial charge in [0, 0.05) is 59.0 Å². The van der Waals surface area contributed by atoms with E-state index in [0.717, 1.165) is 94.3 Å². The third-order valence-corrected chi connectivity index (χ3v) is 12.4. The second-order valence-electron chi connectivity index (χ2n) is 16.7. The third kappa shape index (κ3) is 10.2. The van der Waals surface area contributed by atoms with E-state index in [2.05, 4.69) is 57.8 Å². The third-order valence-electron chi connectivity index (χ3n) is 12.4. The summed E-state index contributed by atoms with van der Waals surface area (Å²) in [5.74, 6) is 2.71. The standard InChI is InChI=1S/C27H33N3O3.C24H27N3O3/c1-6-30(4)19(3)17-33-20-10-9-18(2)23(14-20)26(31)29-27(11-12-27)24-15-21(32-5)16-25-22(24)8-7-13-28-25;1-16-6-7-17(30-12-11-25-2)13-20(16)23(28)27-24(8-9-24)21-14-18(29-3)15-22-19(21)5-4-10-26-22/h7-10,13-16,19H,6,11-12,17H2,1-5H3,(H,29,31);4-7,10,13-15,25H,8-9,11-12H2,1-3H3,(H,27,28). The van der Waals surface area contributed by atoms with Crippen molar-refractivity contribution in [1.29, 1.82) is 0 Å². The number of rotatable bonds is 17. The van der Waals surface area contributed by atoms with Gasteiger partial charge in [0.05, 0.1) is 36.3 Å². The number of aryl methyl sites for hydroxylation is 2. The SMILES string of the molecule is CCN(C)C(C)COc1ccc(C)c(C(=O)NC2(c3cc(OC)cc4ncccc34)CC2)c1.CNCCOc1ccc(C)c(C(=O)NC2(c3cc(OC)cc4ncccc34)CC2)c1. The van der Waals surface area contributed by atoms with Crippen molar-refractivity contribution in [3.63, 3.8) is 0 Å². The Labute approximate surface area is 370 Å². The van der Waals surface area contributed by atoms with Crippen LogP contribution in [-0.2, 0) is 11.1 Å². The van der Waals surface area contributed by atoms with Crippen molar-refractivity contribution in [2.75, 3.05) is 54.6 Å². The molecule has 2 saturated carbocycles. The highest BCUT2D eigenvalue weighted by Crippen LogP contribution is 2.50. The molecule has 1 unspecified atom stereocenters. The first-order chi connectivity index (χ1) is 30.4. The van der Waals surface area contributed by atoms with E-state index in [1.54, 1.807) is 26.6 Å². The van der Waals surface area contributed by atoms with Gasteiger partial charge in [-0.2, -0.15) is 0 Å². The number of hydrogen-bond acceptors (Lipinski definition) is 10. The lowest BCUT2D eigenvalue weighted by atomic mass is 9.97. The van der Waals surface area contributed by atoms with Gasteiger partial charge in [-0.25, -0.2) is 0 Å². The van der Waals surface area contributed by atoms with Crippen LogP contribution in [-0.4, -0.2) is 87.3 Å². The number of carbonyl (C=O) groups is 2. The Morgan fingerprint density at radius 2 is 1.17 bits per heavy atom. The van der Waals surface area contributed by atoms with Crippen LogP contribution in [0.2, 0.25) is 0 Å². The zero-order chi connectivity index (χ0) is 44.7. The van der Waals surface area contributed by atoms with Gasteiger partial charge in [0.1, 0.15) is 36.2 Å². The van der Waals surface area contributed by atoms with Gasteiger partial charge in [0.2, 0.25) is 0 Å². The Balaban J connectivity index is 0.000000190. The van der Waals surface area contributed by atoms with Crippen LogP contribution in [0.25, 0.3) is 21.8 Å². The first-order valence-corrected chi connectivity index (χ1v) is 21.8. The van der Waals surface area contributed by atoms with E-state index in [-0.39, 0.29) is 11.8 Å². The molecule has 8 rings (SSSR count). The first kappa shape index (κ1) is 44.8. The molecule has 1 atom stereocenters. The maximum Gasteiger partial charge on any atom is 0.252 e. The van der Waals surface area contributed by atoms with Crippen molar-refractivity contribution in [1.82, 2.24) is 30.8 Å². The van der Waals surface area contributed by atoms with Gasteiger partial charge in [0.25, 0.3) is 11.8 Å². The Bertz CT molecular complexity index is 2590. The molecule has 0 spiro atoms. The van der Waals surface area contributed by atoms with Crippen LogP contribution in [0.15, 0.2) is 97.3 Å². The van der Waals surface area contributed by atoms with Crippen molar-refractivity contribution < 1.29 is 28.5 Å². The Hall–Kier alpha value is -6.24. The second kappa shape index (κ2) is 19.4. The van der Waals surface area contributed by atoms with Crippen molar-refractivity contribution in [2.45, 2.75) is 70.5 Å². The summed E-state index contributed by atoms with van der Waals surface area (Å²) < 4.78 is 22.7. The highest BCUT2D eigenvalue weighted by molar-refractivity contribution is 5.98. The van der Waals surface area contributed by atoms with Crippen molar-refractivity contribution in [2.24, 2.45) is 0 Å². The maximum absolute atomic E-state index is 13.4. The highest BCUT2D eigenvalue weighted by atomic mass is 16.5. The number of pyridine rings is 2. The van der Waals surface area contributed by atoms with Gasteiger partial charge in [-0.3, -0.25) is 19.6 Å². The van der Waals surface area contributed by atoms with E-state index in [0.29, 0.717) is 41.9 Å². The van der Waals surface area contributed by atoms with Gasteiger partial charge in [-0.15, -0.1) is 0 Å². The van der Waals surface area contributed by atoms with E-state index in [1.807, 2.05) is 99.8 Å². The molecule has 3 N–H and O–H groups in total. The molecule has 0 aliphatic heterocycles. The van der Waals surface area contributed by atoms with Crippen molar-refractivity contribution in [3.05, 3.63) is 131 Å². The smallest absolute Gasteiger partial charge is 0.252 e. The lowest BCUT2D eigenvalue weighted by Crippen LogP contribution is -2.35. The molecule has 330 valence electrons. The van der Waals surface area contributed by atoms with Crippen LogP contribution >= 0.6 is 0 Å². The number of amides is 2. The molecule has 63 heavy (non-hydrogen) atoms. The van der Waals surface area contributed by atoms with Gasteiger partial charge < -0.3 is 39.8 Å². The maximum atomic E-state index is 13.4. The highest BCUT2D eigenvalue weighted by Gasteiger charge is 2.48. The topological polar surface area (TPSA) is 136 Å². The molecule has 2 fully saturated rings. The van der Waals surface area contributed by atoms with Gasteiger partial charge in [0.15, 0.2) is 0 Å². The minimum absolute atomic E-state index is 0.0889. The van der Waals surface area contributed by atoms with Gasteiger partial charge in [-0.05, 0) is 138 Å². The fraction of sp³-hybridized carbons (Fsp3) is 0.373. The summed E-state index contributed by atoms with van der Waals surface area (Å²) in [5, 5.41) is 11.7. The average Bonchev–Trinajstić information content (AvgIpc) is 4.26. The van der Waals surface area contributed by atoms with Crippen molar-refractivity contribution in [3.8, 4) is 23.0 Å². The number of nitrogens with one attached hydrogen (secondary N) is 3. The molecule has 0 saturated heterocycles. The number of ether oxygens (including phenoxy) is 4. The molecule has 0 bridgehead atoms. The summed E-state index contributed by atoms with van der Waals surface area (Å²) in [5.41, 5.74) is 6.14. The summed E-state index contributed by atoms with van der Waals surface area (Å²) in [6.45, 7) is 11.0. The Morgan fingerprint density at radius 3 is 1.60 bits per heavy atom. The summed E-state index contributed by atoms with van der Waals surface area (Å²) in [4.78, 5) is 37.8. The average molecular weight is 853 g/mol. The van der Waals surface area contributed by atoms with Crippen LogP contribution in [0.3, 0.4) is 0 Å². The number of nitrogens with zero attached hydrogens (tertiary/aromatic N) is 3. The predicted molar refractivity (Wildman–Crippen MR) is 248 cm³/mol. The summed E-state index contributed by atoms with van der Waals surface area (Å²) in [6, 6.07) is 27.5. The Kier molecular flexibility index (Phi) is 13.8. The predicted octanol–water partition coefficient (Wildman–Crippen LogP) is 8.26. The molecule has 12 heteroatoms. The van der Waals surface area contributed by atoms with Crippen molar-refractivity contribution >= 4 is 33.6 Å². The molecule has 2 amide bonds. The number of hydrogen-bond donors (Lipinski definition) is 3. The molecular weight excluding hydrogens is 793 g/mol. The molecule has 2 aliphatic carbocycles. The largest absolute Gasteiger partial charge is 0.497 e. The zero-order valence-electron chi connectivity index (χ0n) is 37.8. The fourth-order valence-corrected chi connectivity index (χ4v) is 7.88. The number of aromatic nitrogens is 2. The van der Waals surface area contributed by atoms with Crippen LogP contribution in [0.4, 0.5) is 0 Å². The number of likely N-dealkylation sites (N-methyl/N-ethyl adjacent to an activating group) is 2. The first-order valence-electron chi connectivity index (χ1n) is 21.8. The molecule has 4 aromatic carbocycles. The molecule has 2 aromatic heterocycles.